The SMILES string of the molecule is CC[C@]1(C)Cc2c(sc3nc(SCC(=O)Nc4ccc(C(C)=O)cc4)nc(N)c23)CO1. The fourth-order valence-electron chi connectivity index (χ4n) is 3.49. The Balaban J connectivity index is 1.46. The Morgan fingerprint density at radius 1 is 1.29 bits per heavy atom. The number of rotatable bonds is 6. The molecule has 0 bridgehead atoms. The van der Waals surface area contributed by atoms with E-state index in [2.05, 4.69) is 29.1 Å². The van der Waals surface area contributed by atoms with E-state index >= 15 is 0 Å². The highest BCUT2D eigenvalue weighted by atomic mass is 32.2. The molecule has 1 aromatic carbocycles. The number of ketones is 1. The maximum atomic E-state index is 12.3. The van der Waals surface area contributed by atoms with Crippen LogP contribution in [0.4, 0.5) is 11.5 Å². The van der Waals surface area contributed by atoms with E-state index in [4.69, 9.17) is 10.5 Å². The topological polar surface area (TPSA) is 107 Å². The van der Waals surface area contributed by atoms with Crippen molar-refractivity contribution in [1.29, 1.82) is 0 Å². The fraction of sp³-hybridized carbons (Fsp3) is 0.364. The minimum absolute atomic E-state index is 0.0142. The Bertz CT molecular complexity index is 1160. The molecule has 9 heteroatoms. The predicted octanol–water partition coefficient (Wildman–Crippen LogP) is 4.45. The van der Waals surface area contributed by atoms with Gasteiger partial charge in [-0.05, 0) is 50.1 Å². The van der Waals surface area contributed by atoms with E-state index in [1.807, 2.05) is 0 Å². The number of thioether (sulfide) groups is 1. The van der Waals surface area contributed by atoms with Crippen LogP contribution in [0.1, 0.15) is 48.0 Å². The summed E-state index contributed by atoms with van der Waals surface area (Å²) in [5.74, 6) is 0.410. The van der Waals surface area contributed by atoms with E-state index in [0.717, 1.165) is 27.9 Å². The molecule has 0 saturated heterocycles. The van der Waals surface area contributed by atoms with Crippen LogP contribution in [0.2, 0.25) is 0 Å². The Hall–Kier alpha value is -2.49. The maximum Gasteiger partial charge on any atom is 0.234 e. The predicted molar refractivity (Wildman–Crippen MR) is 125 cm³/mol. The number of hydrogen-bond acceptors (Lipinski definition) is 8. The van der Waals surface area contributed by atoms with E-state index in [0.29, 0.717) is 28.8 Å². The minimum atomic E-state index is -0.193. The van der Waals surface area contributed by atoms with Crippen LogP contribution in [0.25, 0.3) is 10.2 Å². The molecule has 0 aliphatic carbocycles. The average molecular weight is 457 g/mol. The number of hydrogen-bond donors (Lipinski definition) is 2. The fourth-order valence-corrected chi connectivity index (χ4v) is 5.31. The van der Waals surface area contributed by atoms with E-state index in [-0.39, 0.29) is 23.0 Å². The number of fused-ring (bicyclic) bond motifs is 3. The number of Topliss-reactive ketones (excluding diaryl/α,β-unsaturated/α-hetero) is 1. The quantitative estimate of drug-likeness (QED) is 0.321. The van der Waals surface area contributed by atoms with E-state index in [1.165, 1.54) is 24.2 Å². The molecule has 1 aliphatic rings. The molecule has 0 radical (unpaired) electrons. The van der Waals surface area contributed by atoms with Gasteiger partial charge in [0.25, 0.3) is 0 Å². The lowest BCUT2D eigenvalue weighted by Crippen LogP contribution is -2.33. The molecule has 0 spiro atoms. The number of nitrogens with two attached hydrogens (primary N) is 1. The van der Waals surface area contributed by atoms with E-state index < -0.39 is 0 Å². The molecule has 0 saturated carbocycles. The number of nitrogens with one attached hydrogen (secondary N) is 1. The van der Waals surface area contributed by atoms with Gasteiger partial charge in [0.15, 0.2) is 10.9 Å². The van der Waals surface area contributed by atoms with Gasteiger partial charge >= 0.3 is 0 Å². The molecule has 1 aliphatic heterocycles. The summed E-state index contributed by atoms with van der Waals surface area (Å²) in [6.07, 6.45) is 1.72. The molecule has 7 nitrogen and oxygen atoms in total. The van der Waals surface area contributed by atoms with Gasteiger partial charge in [0.05, 0.1) is 23.3 Å². The van der Waals surface area contributed by atoms with Crippen LogP contribution >= 0.6 is 23.1 Å². The van der Waals surface area contributed by atoms with Crippen molar-refractivity contribution in [2.45, 2.75) is 51.0 Å². The number of carbonyl (C=O) groups is 2. The molecule has 4 rings (SSSR count). The molecule has 0 fully saturated rings. The normalized spacial score (nSPS) is 18.0. The first kappa shape index (κ1) is 21.7. The van der Waals surface area contributed by atoms with Gasteiger partial charge < -0.3 is 15.8 Å². The number of amides is 1. The third kappa shape index (κ3) is 4.58. The van der Waals surface area contributed by atoms with Gasteiger partial charge in [-0.15, -0.1) is 11.3 Å². The van der Waals surface area contributed by atoms with E-state index in [1.54, 1.807) is 35.6 Å². The van der Waals surface area contributed by atoms with Crippen LogP contribution in [0, 0.1) is 0 Å². The number of nitrogens with zero attached hydrogens (tertiary/aromatic N) is 2. The first-order valence-electron chi connectivity index (χ1n) is 10.0. The lowest BCUT2D eigenvalue weighted by molar-refractivity contribution is -0.113. The average Bonchev–Trinajstić information content (AvgIpc) is 3.10. The molecule has 162 valence electrons. The summed E-state index contributed by atoms with van der Waals surface area (Å²) in [4.78, 5) is 34.7. The number of ether oxygens (including phenoxy) is 1. The molecule has 31 heavy (non-hydrogen) atoms. The third-order valence-corrected chi connectivity index (χ3v) is 7.45. The second-order valence-corrected chi connectivity index (χ2v) is 9.84. The molecule has 1 amide bonds. The van der Waals surface area contributed by atoms with Crippen molar-refractivity contribution in [2.24, 2.45) is 0 Å². The zero-order chi connectivity index (χ0) is 22.2. The summed E-state index contributed by atoms with van der Waals surface area (Å²) in [6, 6.07) is 6.80. The summed E-state index contributed by atoms with van der Waals surface area (Å²) in [5, 5.41) is 4.21. The van der Waals surface area contributed by atoms with Crippen molar-refractivity contribution in [3.05, 3.63) is 40.3 Å². The standard InChI is InChI=1S/C22H24N4O3S2/c1-4-22(3)9-15-16(10-29-22)31-20-18(15)19(23)25-21(26-20)30-11-17(28)24-14-7-5-13(6-8-14)12(2)27/h5-8H,4,9-11H2,1-3H3,(H,24,28)(H2,23,25,26)/t22-/m1/s1. The monoisotopic (exact) mass is 456 g/mol. The Labute approximate surface area is 188 Å². The zero-order valence-corrected chi connectivity index (χ0v) is 19.3. The molecule has 3 N–H and O–H groups in total. The van der Waals surface area contributed by atoms with Crippen LogP contribution in [-0.4, -0.2) is 33.0 Å². The largest absolute Gasteiger partial charge is 0.383 e. The summed E-state index contributed by atoms with van der Waals surface area (Å²) in [5.41, 5.74) is 8.54. The molecule has 3 heterocycles. The number of benzene rings is 1. The van der Waals surface area contributed by atoms with Crippen LogP contribution in [-0.2, 0) is 22.6 Å². The second-order valence-electron chi connectivity index (χ2n) is 7.81. The molecule has 1 atom stereocenters. The van der Waals surface area contributed by atoms with Gasteiger partial charge in [-0.25, -0.2) is 9.97 Å². The van der Waals surface area contributed by atoms with Gasteiger partial charge in [-0.2, -0.15) is 0 Å². The second kappa shape index (κ2) is 8.57. The van der Waals surface area contributed by atoms with Crippen LogP contribution in [0.15, 0.2) is 29.4 Å². The van der Waals surface area contributed by atoms with Gasteiger partial charge in [-0.1, -0.05) is 18.7 Å². The van der Waals surface area contributed by atoms with Crippen molar-refractivity contribution < 1.29 is 14.3 Å². The van der Waals surface area contributed by atoms with Crippen LogP contribution in [0.5, 0.6) is 0 Å². The molecular formula is C22H24N4O3S2. The van der Waals surface area contributed by atoms with Crippen molar-refractivity contribution >= 4 is 56.5 Å². The number of nitrogen functional groups attached to an aromatic ring is 1. The highest BCUT2D eigenvalue weighted by Gasteiger charge is 2.33. The first-order valence-corrected chi connectivity index (χ1v) is 11.8. The van der Waals surface area contributed by atoms with Crippen molar-refractivity contribution in [1.82, 2.24) is 9.97 Å². The van der Waals surface area contributed by atoms with Gasteiger partial charge in [0.2, 0.25) is 5.91 Å². The smallest absolute Gasteiger partial charge is 0.234 e. The summed E-state index contributed by atoms with van der Waals surface area (Å²) >= 11 is 2.82. The first-order chi connectivity index (χ1) is 14.8. The lowest BCUT2D eigenvalue weighted by Gasteiger charge is -2.33. The Morgan fingerprint density at radius 3 is 2.71 bits per heavy atom. The number of anilines is 2. The summed E-state index contributed by atoms with van der Waals surface area (Å²) in [7, 11) is 0. The molecule has 0 unspecified atom stereocenters. The number of thiophene rings is 1. The van der Waals surface area contributed by atoms with Crippen molar-refractivity contribution in [2.75, 3.05) is 16.8 Å². The number of aromatic nitrogens is 2. The van der Waals surface area contributed by atoms with Gasteiger partial charge in [-0.3, -0.25) is 9.59 Å². The van der Waals surface area contributed by atoms with E-state index in [9.17, 15) is 9.59 Å². The lowest BCUT2D eigenvalue weighted by atomic mass is 9.90. The molecule has 2 aromatic heterocycles. The Morgan fingerprint density at radius 2 is 2.03 bits per heavy atom. The zero-order valence-electron chi connectivity index (χ0n) is 17.7. The highest BCUT2D eigenvalue weighted by Crippen LogP contribution is 2.41. The highest BCUT2D eigenvalue weighted by molar-refractivity contribution is 7.99. The van der Waals surface area contributed by atoms with Crippen molar-refractivity contribution in [3.63, 3.8) is 0 Å². The molecule has 3 aromatic rings. The summed E-state index contributed by atoms with van der Waals surface area (Å²) in [6.45, 7) is 6.31. The van der Waals surface area contributed by atoms with Crippen LogP contribution in [0.3, 0.4) is 0 Å². The molecular weight excluding hydrogens is 432 g/mol. The third-order valence-electron chi connectivity index (χ3n) is 5.50. The van der Waals surface area contributed by atoms with Gasteiger partial charge in [0, 0.05) is 22.5 Å². The van der Waals surface area contributed by atoms with Crippen LogP contribution < -0.4 is 11.1 Å². The Kier molecular flexibility index (Phi) is 6.00. The maximum absolute atomic E-state index is 12.3. The van der Waals surface area contributed by atoms with Crippen molar-refractivity contribution in [3.8, 4) is 0 Å². The minimum Gasteiger partial charge on any atom is -0.383 e. The number of carbonyl (C=O) groups excluding carboxylic acids is 2. The summed E-state index contributed by atoms with van der Waals surface area (Å²) < 4.78 is 6.04. The van der Waals surface area contributed by atoms with Gasteiger partial charge in [0.1, 0.15) is 10.6 Å².